The number of piperazine rings is 1. The minimum atomic E-state index is -0.310. The number of rotatable bonds is 5. The molecule has 1 fully saturated rings. The summed E-state index contributed by atoms with van der Waals surface area (Å²) in [5, 5.41) is 2.92. The predicted octanol–water partition coefficient (Wildman–Crippen LogP) is 1.72. The van der Waals surface area contributed by atoms with Crippen molar-refractivity contribution in [3.05, 3.63) is 29.8 Å². The van der Waals surface area contributed by atoms with Crippen molar-refractivity contribution in [2.75, 3.05) is 46.4 Å². The van der Waals surface area contributed by atoms with Crippen LogP contribution in [0.2, 0.25) is 0 Å². The summed E-state index contributed by atoms with van der Waals surface area (Å²) in [4.78, 5) is 27.2. The van der Waals surface area contributed by atoms with Crippen molar-refractivity contribution in [3.8, 4) is 5.75 Å². The summed E-state index contributed by atoms with van der Waals surface area (Å²) in [7, 11) is 1.64. The zero-order valence-electron chi connectivity index (χ0n) is 14.3. The Balaban J connectivity index is 1.71. The van der Waals surface area contributed by atoms with Crippen molar-refractivity contribution < 1.29 is 19.1 Å². The lowest BCUT2D eigenvalue weighted by Crippen LogP contribution is -2.53. The van der Waals surface area contributed by atoms with E-state index in [0.717, 1.165) is 17.7 Å². The van der Waals surface area contributed by atoms with Gasteiger partial charge in [-0.05, 0) is 31.0 Å². The Bertz CT molecular complexity index is 557. The van der Waals surface area contributed by atoms with E-state index < -0.39 is 0 Å². The Kier molecular flexibility index (Phi) is 6.72. The van der Waals surface area contributed by atoms with E-state index in [-0.39, 0.29) is 12.1 Å². The highest BCUT2D eigenvalue weighted by atomic mass is 16.6. The molecule has 24 heavy (non-hydrogen) atoms. The highest BCUT2D eigenvalue weighted by Gasteiger charge is 2.24. The molecule has 0 radical (unpaired) electrons. The van der Waals surface area contributed by atoms with Gasteiger partial charge in [-0.2, -0.15) is 0 Å². The molecule has 2 rings (SSSR count). The maximum Gasteiger partial charge on any atom is 0.409 e. The lowest BCUT2D eigenvalue weighted by atomic mass is 10.1. The maximum atomic E-state index is 12.2. The molecule has 0 unspecified atom stereocenters. The number of ether oxygens (including phenoxy) is 2. The zero-order chi connectivity index (χ0) is 17.4. The van der Waals surface area contributed by atoms with Crippen LogP contribution in [0.1, 0.15) is 12.5 Å². The van der Waals surface area contributed by atoms with Crippen LogP contribution in [0.4, 0.5) is 9.59 Å². The lowest BCUT2D eigenvalue weighted by Gasteiger charge is -2.34. The monoisotopic (exact) mass is 335 g/mol. The van der Waals surface area contributed by atoms with Crippen LogP contribution in [0.25, 0.3) is 0 Å². The Labute approximate surface area is 142 Å². The SMILES string of the molecule is CCOC(=O)N1CCN(C(=O)NCCc2cccc(OC)c2)CC1. The first kappa shape index (κ1) is 17.9. The third kappa shape index (κ3) is 5.04. The number of hydrogen-bond donors (Lipinski definition) is 1. The summed E-state index contributed by atoms with van der Waals surface area (Å²) in [5.41, 5.74) is 1.11. The molecule has 1 aliphatic heterocycles. The van der Waals surface area contributed by atoms with E-state index in [1.807, 2.05) is 24.3 Å². The van der Waals surface area contributed by atoms with Gasteiger partial charge in [0.05, 0.1) is 13.7 Å². The number of nitrogens with zero attached hydrogens (tertiary/aromatic N) is 2. The van der Waals surface area contributed by atoms with E-state index in [1.54, 1.807) is 23.8 Å². The molecule has 0 spiro atoms. The van der Waals surface area contributed by atoms with Crippen molar-refractivity contribution in [1.82, 2.24) is 15.1 Å². The standard InChI is InChI=1S/C17H25N3O4/c1-3-24-17(22)20-11-9-19(10-12-20)16(21)18-8-7-14-5-4-6-15(13-14)23-2/h4-6,13H,3,7-12H2,1-2H3,(H,18,21). The number of amides is 3. The molecule has 1 aliphatic rings. The van der Waals surface area contributed by atoms with Crippen molar-refractivity contribution in [2.24, 2.45) is 0 Å². The van der Waals surface area contributed by atoms with E-state index in [1.165, 1.54) is 0 Å². The summed E-state index contributed by atoms with van der Waals surface area (Å²) < 4.78 is 10.2. The molecule has 0 atom stereocenters. The number of nitrogens with one attached hydrogen (secondary N) is 1. The minimum absolute atomic E-state index is 0.0959. The van der Waals surface area contributed by atoms with Crippen LogP contribution < -0.4 is 10.1 Å². The van der Waals surface area contributed by atoms with Gasteiger partial charge in [0, 0.05) is 32.7 Å². The molecule has 1 N–H and O–H groups in total. The second kappa shape index (κ2) is 9.00. The lowest BCUT2D eigenvalue weighted by molar-refractivity contribution is 0.0852. The van der Waals surface area contributed by atoms with Gasteiger partial charge in [0.1, 0.15) is 5.75 Å². The molecule has 0 saturated carbocycles. The molecule has 1 heterocycles. The van der Waals surface area contributed by atoms with Gasteiger partial charge >= 0.3 is 12.1 Å². The molecule has 7 heteroatoms. The van der Waals surface area contributed by atoms with Gasteiger partial charge in [0.25, 0.3) is 0 Å². The molecular formula is C17H25N3O4. The van der Waals surface area contributed by atoms with Crippen LogP contribution in [-0.4, -0.2) is 68.4 Å². The molecule has 132 valence electrons. The molecular weight excluding hydrogens is 310 g/mol. The number of urea groups is 1. The summed E-state index contributed by atoms with van der Waals surface area (Å²) in [6.07, 6.45) is 0.432. The fourth-order valence-electron chi connectivity index (χ4n) is 2.56. The molecule has 1 aromatic carbocycles. The van der Waals surface area contributed by atoms with Crippen LogP contribution in [0.3, 0.4) is 0 Å². The van der Waals surface area contributed by atoms with Crippen molar-refractivity contribution in [3.63, 3.8) is 0 Å². The van der Waals surface area contributed by atoms with Gasteiger partial charge in [-0.3, -0.25) is 0 Å². The van der Waals surface area contributed by atoms with Gasteiger partial charge in [0.2, 0.25) is 0 Å². The topological polar surface area (TPSA) is 71.1 Å². The average Bonchev–Trinajstić information content (AvgIpc) is 2.62. The van der Waals surface area contributed by atoms with E-state index in [2.05, 4.69) is 5.32 Å². The van der Waals surface area contributed by atoms with Crippen molar-refractivity contribution >= 4 is 12.1 Å². The predicted molar refractivity (Wildman–Crippen MR) is 90.3 cm³/mol. The van der Waals surface area contributed by atoms with Gasteiger partial charge < -0.3 is 24.6 Å². The molecule has 1 aromatic rings. The molecule has 0 bridgehead atoms. The summed E-state index contributed by atoms with van der Waals surface area (Å²) in [6.45, 7) is 4.75. The van der Waals surface area contributed by atoms with E-state index in [4.69, 9.17) is 9.47 Å². The summed E-state index contributed by atoms with van der Waals surface area (Å²) >= 11 is 0. The third-order valence-corrected chi connectivity index (χ3v) is 3.92. The largest absolute Gasteiger partial charge is 0.497 e. The minimum Gasteiger partial charge on any atom is -0.497 e. The molecule has 3 amide bonds. The van der Waals surface area contributed by atoms with Crippen LogP contribution in [0, 0.1) is 0 Å². The van der Waals surface area contributed by atoms with Crippen LogP contribution in [0.5, 0.6) is 5.75 Å². The van der Waals surface area contributed by atoms with Crippen LogP contribution in [0.15, 0.2) is 24.3 Å². The smallest absolute Gasteiger partial charge is 0.409 e. The Morgan fingerprint density at radius 1 is 1.17 bits per heavy atom. The second-order valence-corrected chi connectivity index (χ2v) is 5.51. The average molecular weight is 335 g/mol. The zero-order valence-corrected chi connectivity index (χ0v) is 14.3. The van der Waals surface area contributed by atoms with Crippen molar-refractivity contribution in [2.45, 2.75) is 13.3 Å². The van der Waals surface area contributed by atoms with Crippen LogP contribution >= 0.6 is 0 Å². The van der Waals surface area contributed by atoms with Gasteiger partial charge in [0.15, 0.2) is 0 Å². The number of hydrogen-bond acceptors (Lipinski definition) is 4. The van der Waals surface area contributed by atoms with E-state index in [9.17, 15) is 9.59 Å². The first-order valence-electron chi connectivity index (χ1n) is 8.21. The van der Waals surface area contributed by atoms with E-state index >= 15 is 0 Å². The van der Waals surface area contributed by atoms with Gasteiger partial charge in [-0.15, -0.1) is 0 Å². The number of carbonyl (C=O) groups is 2. The Hall–Kier alpha value is -2.44. The Morgan fingerprint density at radius 3 is 2.54 bits per heavy atom. The normalized spacial score (nSPS) is 14.2. The summed E-state index contributed by atoms with van der Waals surface area (Å²) in [5.74, 6) is 0.814. The van der Waals surface area contributed by atoms with Crippen molar-refractivity contribution in [1.29, 1.82) is 0 Å². The quantitative estimate of drug-likeness (QED) is 0.889. The number of carbonyl (C=O) groups excluding carboxylic acids is 2. The number of benzene rings is 1. The molecule has 0 aliphatic carbocycles. The summed E-state index contributed by atoms with van der Waals surface area (Å²) in [6, 6.07) is 7.70. The fourth-order valence-corrected chi connectivity index (χ4v) is 2.56. The maximum absolute atomic E-state index is 12.2. The fraction of sp³-hybridized carbons (Fsp3) is 0.529. The molecule has 1 saturated heterocycles. The highest BCUT2D eigenvalue weighted by molar-refractivity contribution is 5.75. The Morgan fingerprint density at radius 2 is 1.88 bits per heavy atom. The highest BCUT2D eigenvalue weighted by Crippen LogP contribution is 2.12. The number of methoxy groups -OCH3 is 1. The first-order chi connectivity index (χ1) is 11.6. The third-order valence-electron chi connectivity index (χ3n) is 3.92. The van der Waals surface area contributed by atoms with Crippen LogP contribution in [-0.2, 0) is 11.2 Å². The van der Waals surface area contributed by atoms with E-state index in [0.29, 0.717) is 39.3 Å². The molecule has 7 nitrogen and oxygen atoms in total. The molecule has 0 aromatic heterocycles. The van der Waals surface area contributed by atoms with Gasteiger partial charge in [-0.25, -0.2) is 9.59 Å². The first-order valence-corrected chi connectivity index (χ1v) is 8.21. The van der Waals surface area contributed by atoms with Gasteiger partial charge in [-0.1, -0.05) is 12.1 Å². The second-order valence-electron chi connectivity index (χ2n) is 5.51.